The van der Waals surface area contributed by atoms with Crippen molar-refractivity contribution in [2.24, 2.45) is 11.7 Å². The van der Waals surface area contributed by atoms with E-state index in [1.165, 1.54) is 0 Å². The number of rotatable bonds is 5. The quantitative estimate of drug-likeness (QED) is 0.513. The van der Waals surface area contributed by atoms with Gasteiger partial charge in [0, 0.05) is 27.3 Å². The fourth-order valence-electron chi connectivity index (χ4n) is 2.83. The van der Waals surface area contributed by atoms with Gasteiger partial charge in [0.2, 0.25) is 0 Å². The largest absolute Gasteiger partial charge is 0.493 e. The summed E-state index contributed by atoms with van der Waals surface area (Å²) in [6.45, 7) is 4.70. The molecule has 0 aliphatic carbocycles. The number of aliphatic carboxylic acids is 2. The van der Waals surface area contributed by atoms with Gasteiger partial charge in [-0.05, 0) is 24.6 Å². The monoisotopic (exact) mass is 429 g/mol. The molecule has 0 spiro atoms. The van der Waals surface area contributed by atoms with Crippen molar-refractivity contribution >= 4 is 34.3 Å². The smallest absolute Gasteiger partial charge is 0.414 e. The number of benzene rings is 3. The van der Waals surface area contributed by atoms with Crippen LogP contribution >= 0.6 is 11.6 Å². The zero-order valence-corrected chi connectivity index (χ0v) is 17.5. The molecule has 6 nitrogen and oxygen atoms in total. The lowest BCUT2D eigenvalue weighted by molar-refractivity contribution is -0.159. The zero-order chi connectivity index (χ0) is 22.3. The van der Waals surface area contributed by atoms with Crippen molar-refractivity contribution in [3.63, 3.8) is 0 Å². The Morgan fingerprint density at radius 3 is 2.07 bits per heavy atom. The molecule has 0 heterocycles. The van der Waals surface area contributed by atoms with Crippen LogP contribution in [-0.4, -0.2) is 28.8 Å². The van der Waals surface area contributed by atoms with Crippen molar-refractivity contribution in [1.29, 1.82) is 0 Å². The van der Waals surface area contributed by atoms with Gasteiger partial charge in [-0.15, -0.1) is 0 Å². The van der Waals surface area contributed by atoms with Gasteiger partial charge in [0.05, 0.1) is 6.61 Å². The molecule has 0 bridgehead atoms. The van der Waals surface area contributed by atoms with E-state index in [4.69, 9.17) is 41.9 Å². The lowest BCUT2D eigenvalue weighted by Crippen LogP contribution is -2.42. The van der Waals surface area contributed by atoms with Crippen LogP contribution in [0.1, 0.15) is 19.4 Å². The lowest BCUT2D eigenvalue weighted by Gasteiger charge is -2.32. The van der Waals surface area contributed by atoms with E-state index >= 15 is 0 Å². The Morgan fingerprint density at radius 2 is 1.50 bits per heavy atom. The molecule has 7 heteroatoms. The summed E-state index contributed by atoms with van der Waals surface area (Å²) in [5, 5.41) is 17.5. The van der Waals surface area contributed by atoms with E-state index in [0.29, 0.717) is 6.61 Å². The molecule has 3 aromatic carbocycles. The number of carbonyl (C=O) groups is 2. The third kappa shape index (κ3) is 5.72. The van der Waals surface area contributed by atoms with Crippen molar-refractivity contribution in [3.05, 3.63) is 77.3 Å². The van der Waals surface area contributed by atoms with Crippen molar-refractivity contribution in [2.75, 3.05) is 6.61 Å². The van der Waals surface area contributed by atoms with Gasteiger partial charge in [0.25, 0.3) is 0 Å². The second kappa shape index (κ2) is 10.1. The standard InChI is InChI=1S/C21H22ClNO.C2H2O4/c1-15(21(2,23)16-8-4-3-5-9-16)14-24-20-13-12-19(22)17-10-6-7-11-18(17)20;3-1(4)2(5)6/h3-13,15H,14,23H2,1-2H3;(H,3,4)(H,5,6). The molecule has 0 aliphatic rings. The molecule has 0 aliphatic heterocycles. The molecule has 30 heavy (non-hydrogen) atoms. The first-order valence-electron chi connectivity index (χ1n) is 9.25. The lowest BCUT2D eigenvalue weighted by atomic mass is 9.82. The summed E-state index contributed by atoms with van der Waals surface area (Å²) >= 11 is 6.27. The third-order valence-electron chi connectivity index (χ3n) is 4.92. The molecule has 2 unspecified atom stereocenters. The molecule has 0 aromatic heterocycles. The number of fused-ring (bicyclic) bond motifs is 1. The number of halogens is 1. The Hall–Kier alpha value is -3.09. The van der Waals surface area contributed by atoms with Gasteiger partial charge in [0.1, 0.15) is 5.75 Å². The number of hydrogen-bond donors (Lipinski definition) is 3. The number of carboxylic acid groups (broad SMARTS) is 2. The molecule has 0 fully saturated rings. The summed E-state index contributed by atoms with van der Waals surface area (Å²) in [6.07, 6.45) is 0. The summed E-state index contributed by atoms with van der Waals surface area (Å²) in [4.78, 5) is 18.2. The fourth-order valence-corrected chi connectivity index (χ4v) is 3.06. The highest BCUT2D eigenvalue weighted by Crippen LogP contribution is 2.33. The number of carboxylic acids is 2. The Labute approximate surface area is 179 Å². The minimum absolute atomic E-state index is 0.148. The van der Waals surface area contributed by atoms with Crippen molar-refractivity contribution in [1.82, 2.24) is 0 Å². The van der Waals surface area contributed by atoms with Crippen molar-refractivity contribution in [3.8, 4) is 5.75 Å². The second-order valence-corrected chi connectivity index (χ2v) is 7.47. The van der Waals surface area contributed by atoms with E-state index in [1.807, 2.05) is 54.6 Å². The third-order valence-corrected chi connectivity index (χ3v) is 5.25. The van der Waals surface area contributed by atoms with E-state index in [-0.39, 0.29) is 5.92 Å². The SMILES string of the molecule is CC(COc1ccc(Cl)c2ccccc12)C(C)(N)c1ccccc1.O=C(O)C(=O)O. The van der Waals surface area contributed by atoms with E-state index in [1.54, 1.807) is 0 Å². The van der Waals surface area contributed by atoms with Crippen LogP contribution in [0.15, 0.2) is 66.7 Å². The van der Waals surface area contributed by atoms with Crippen molar-refractivity contribution in [2.45, 2.75) is 19.4 Å². The van der Waals surface area contributed by atoms with Crippen LogP contribution < -0.4 is 10.5 Å². The Balaban J connectivity index is 0.000000469. The first kappa shape index (κ1) is 23.2. The Kier molecular flexibility index (Phi) is 7.80. The predicted molar refractivity (Wildman–Crippen MR) is 117 cm³/mol. The summed E-state index contributed by atoms with van der Waals surface area (Å²) in [5.41, 5.74) is 7.24. The van der Waals surface area contributed by atoms with Crippen molar-refractivity contribution < 1.29 is 24.5 Å². The molecule has 2 atom stereocenters. The summed E-state index contributed by atoms with van der Waals surface area (Å²) in [5.74, 6) is -2.66. The number of ether oxygens (including phenoxy) is 1. The van der Waals surface area contributed by atoms with Gasteiger partial charge in [-0.2, -0.15) is 0 Å². The predicted octanol–water partition coefficient (Wildman–Crippen LogP) is 4.54. The normalized spacial score (nSPS) is 13.5. The van der Waals surface area contributed by atoms with Crippen LogP contribution in [0.2, 0.25) is 5.02 Å². The van der Waals surface area contributed by atoms with E-state index in [0.717, 1.165) is 27.1 Å². The zero-order valence-electron chi connectivity index (χ0n) is 16.7. The molecule has 0 radical (unpaired) electrons. The number of hydrogen-bond acceptors (Lipinski definition) is 4. The first-order valence-corrected chi connectivity index (χ1v) is 9.63. The molecule has 0 amide bonds. The van der Waals surface area contributed by atoms with Gasteiger partial charge in [-0.1, -0.05) is 73.1 Å². The first-order chi connectivity index (χ1) is 14.1. The van der Waals surface area contributed by atoms with Gasteiger partial charge in [0.15, 0.2) is 0 Å². The average molecular weight is 430 g/mol. The summed E-state index contributed by atoms with van der Waals surface area (Å²) < 4.78 is 6.11. The highest BCUT2D eigenvalue weighted by Gasteiger charge is 2.29. The molecular formula is C23H24ClNO5. The minimum atomic E-state index is -1.82. The molecule has 158 valence electrons. The van der Waals surface area contributed by atoms with Crippen LogP contribution in [0.25, 0.3) is 10.8 Å². The fraction of sp³-hybridized carbons (Fsp3) is 0.217. The number of nitrogens with two attached hydrogens (primary N) is 1. The van der Waals surface area contributed by atoms with Gasteiger partial charge >= 0.3 is 11.9 Å². The highest BCUT2D eigenvalue weighted by atomic mass is 35.5. The van der Waals surface area contributed by atoms with Crippen LogP contribution in [0.5, 0.6) is 5.75 Å². The topological polar surface area (TPSA) is 110 Å². The highest BCUT2D eigenvalue weighted by molar-refractivity contribution is 6.35. The molecule has 3 aromatic rings. The van der Waals surface area contributed by atoms with Crippen LogP contribution in [0.4, 0.5) is 0 Å². The summed E-state index contributed by atoms with van der Waals surface area (Å²) in [6, 6.07) is 22.0. The molecule has 0 saturated heterocycles. The Bertz CT molecular complexity index is 1010. The molecular weight excluding hydrogens is 406 g/mol. The molecule has 0 saturated carbocycles. The van der Waals surface area contributed by atoms with Gasteiger partial charge < -0.3 is 20.7 Å². The maximum Gasteiger partial charge on any atom is 0.414 e. The van der Waals surface area contributed by atoms with E-state index < -0.39 is 17.5 Å². The van der Waals surface area contributed by atoms with Gasteiger partial charge in [-0.3, -0.25) is 0 Å². The molecule has 4 N–H and O–H groups in total. The maximum atomic E-state index is 9.10. The van der Waals surface area contributed by atoms with E-state index in [9.17, 15) is 0 Å². The Morgan fingerprint density at radius 1 is 0.967 bits per heavy atom. The van der Waals surface area contributed by atoms with Crippen LogP contribution in [-0.2, 0) is 15.1 Å². The maximum absolute atomic E-state index is 9.10. The minimum Gasteiger partial charge on any atom is -0.493 e. The van der Waals surface area contributed by atoms with Crippen LogP contribution in [0, 0.1) is 5.92 Å². The molecule has 3 rings (SSSR count). The average Bonchev–Trinajstić information content (AvgIpc) is 2.74. The van der Waals surface area contributed by atoms with Gasteiger partial charge in [-0.25, -0.2) is 9.59 Å². The summed E-state index contributed by atoms with van der Waals surface area (Å²) in [7, 11) is 0. The second-order valence-electron chi connectivity index (χ2n) is 7.06. The van der Waals surface area contributed by atoms with Crippen LogP contribution in [0.3, 0.4) is 0 Å². The van der Waals surface area contributed by atoms with E-state index in [2.05, 4.69) is 26.0 Å².